The lowest BCUT2D eigenvalue weighted by Crippen LogP contribution is -2.10. The first-order chi connectivity index (χ1) is 4.81. The Labute approximate surface area is 62.2 Å². The highest BCUT2D eigenvalue weighted by molar-refractivity contribution is 4.59. The van der Waals surface area contributed by atoms with E-state index in [9.17, 15) is 4.39 Å². The van der Waals surface area contributed by atoms with Crippen LogP contribution in [-0.2, 0) is 0 Å². The first kappa shape index (κ1) is 9.85. The van der Waals surface area contributed by atoms with Crippen molar-refractivity contribution in [3.63, 3.8) is 0 Å². The second-order valence-corrected chi connectivity index (χ2v) is 2.49. The molecule has 1 heterocycles. The van der Waals surface area contributed by atoms with E-state index in [1.807, 2.05) is 0 Å². The zero-order chi connectivity index (χ0) is 7.82. The average Bonchev–Trinajstić information content (AvgIpc) is 2.40. The van der Waals surface area contributed by atoms with E-state index >= 15 is 0 Å². The predicted molar refractivity (Wildman–Crippen MR) is 41.8 cm³/mol. The molecule has 2 nitrogen and oxygen atoms in total. The molecule has 1 aliphatic rings. The normalized spacial score (nSPS) is 18.3. The molecule has 0 aromatic rings. The van der Waals surface area contributed by atoms with Crippen molar-refractivity contribution in [3.8, 4) is 0 Å². The summed E-state index contributed by atoms with van der Waals surface area (Å²) in [6.45, 7) is 2.39. The Morgan fingerprint density at radius 1 is 1.40 bits per heavy atom. The van der Waals surface area contributed by atoms with Gasteiger partial charge >= 0.3 is 0 Å². The molecule has 0 radical (unpaired) electrons. The molecule has 0 aliphatic carbocycles. The third-order valence-corrected chi connectivity index (χ3v) is 1.44. The summed E-state index contributed by atoms with van der Waals surface area (Å²) in [6, 6.07) is 0. The summed E-state index contributed by atoms with van der Waals surface area (Å²) in [4.78, 5) is 2.36. The smallest absolute Gasteiger partial charge is 0.102 e. The Hall–Kier alpha value is -0.150. The highest BCUT2D eigenvalue weighted by Gasteiger charge is 2.03. The van der Waals surface area contributed by atoms with Crippen molar-refractivity contribution >= 4 is 0 Å². The van der Waals surface area contributed by atoms with E-state index in [2.05, 4.69) is 17.7 Å². The fraction of sp³-hybridized carbons (Fsp3) is 1.00. The molecule has 3 heteroatoms. The van der Waals surface area contributed by atoms with Crippen molar-refractivity contribution in [2.45, 2.75) is 12.8 Å². The Morgan fingerprint density at radius 3 is 1.90 bits per heavy atom. The van der Waals surface area contributed by atoms with Crippen molar-refractivity contribution < 1.29 is 4.39 Å². The summed E-state index contributed by atoms with van der Waals surface area (Å²) in [5, 5.41) is 0. The molecule has 2 N–H and O–H groups in total. The molecule has 0 saturated carbocycles. The Kier molecular flexibility index (Phi) is 6.86. The van der Waals surface area contributed by atoms with Crippen LogP contribution in [0.2, 0.25) is 0 Å². The van der Waals surface area contributed by atoms with E-state index in [-0.39, 0.29) is 6.54 Å². The fourth-order valence-corrected chi connectivity index (χ4v) is 0.875. The molecule has 0 spiro atoms. The van der Waals surface area contributed by atoms with Crippen molar-refractivity contribution in [1.29, 1.82) is 0 Å². The van der Waals surface area contributed by atoms with Gasteiger partial charge in [0.25, 0.3) is 0 Å². The molecular formula is C7H17FN2. The number of hydrogen-bond acceptors (Lipinski definition) is 2. The number of nitrogens with two attached hydrogens (primary N) is 1. The minimum absolute atomic E-state index is 0.153. The maximum atomic E-state index is 10.6. The number of hydrogen-bond donors (Lipinski definition) is 1. The van der Waals surface area contributed by atoms with Gasteiger partial charge in [-0.25, -0.2) is 4.39 Å². The molecule has 0 unspecified atom stereocenters. The topological polar surface area (TPSA) is 29.3 Å². The van der Waals surface area contributed by atoms with E-state index in [1.165, 1.54) is 25.9 Å². The van der Waals surface area contributed by atoms with Crippen LogP contribution in [-0.4, -0.2) is 38.3 Å². The van der Waals surface area contributed by atoms with Crippen LogP contribution in [0.1, 0.15) is 12.8 Å². The van der Waals surface area contributed by atoms with Crippen LogP contribution < -0.4 is 5.73 Å². The Balaban J connectivity index is 0.000000180. The largest absolute Gasteiger partial charge is 0.328 e. The molecule has 0 atom stereocenters. The minimum Gasteiger partial charge on any atom is -0.328 e. The van der Waals surface area contributed by atoms with Gasteiger partial charge in [0.15, 0.2) is 0 Å². The van der Waals surface area contributed by atoms with Crippen LogP contribution in [0.4, 0.5) is 4.39 Å². The number of likely N-dealkylation sites (tertiary alicyclic amines) is 1. The van der Waals surface area contributed by atoms with Gasteiger partial charge in [0, 0.05) is 6.54 Å². The standard InChI is InChI=1S/C5H11N.C2H6FN/c1-6-4-2-3-5-6;3-1-2-4/h2-5H2,1H3;1-2,4H2. The van der Waals surface area contributed by atoms with Gasteiger partial charge in [0.2, 0.25) is 0 Å². The summed E-state index contributed by atoms with van der Waals surface area (Å²) in [7, 11) is 2.17. The Morgan fingerprint density at radius 2 is 1.80 bits per heavy atom. The zero-order valence-electron chi connectivity index (χ0n) is 6.65. The number of rotatable bonds is 1. The molecule has 1 saturated heterocycles. The van der Waals surface area contributed by atoms with Gasteiger partial charge in [-0.2, -0.15) is 0 Å². The molecule has 62 valence electrons. The van der Waals surface area contributed by atoms with Crippen LogP contribution in [0.5, 0.6) is 0 Å². The summed E-state index contributed by atoms with van der Waals surface area (Å²) in [5.74, 6) is 0. The minimum atomic E-state index is -0.403. The van der Waals surface area contributed by atoms with Gasteiger partial charge in [0.1, 0.15) is 6.67 Å². The maximum Gasteiger partial charge on any atom is 0.102 e. The average molecular weight is 148 g/mol. The number of halogens is 1. The Bertz CT molecular complexity index is 60.6. The van der Waals surface area contributed by atoms with Crippen LogP contribution in [0.25, 0.3) is 0 Å². The first-order valence-electron chi connectivity index (χ1n) is 3.76. The van der Waals surface area contributed by atoms with Gasteiger partial charge in [-0.15, -0.1) is 0 Å². The van der Waals surface area contributed by atoms with Crippen LogP contribution in [0.15, 0.2) is 0 Å². The van der Waals surface area contributed by atoms with Crippen molar-refractivity contribution in [1.82, 2.24) is 4.90 Å². The molecule has 1 aliphatic heterocycles. The quantitative estimate of drug-likeness (QED) is 0.591. The zero-order valence-corrected chi connectivity index (χ0v) is 6.65. The fourth-order valence-electron chi connectivity index (χ4n) is 0.875. The van der Waals surface area contributed by atoms with E-state index in [1.54, 1.807) is 0 Å². The monoisotopic (exact) mass is 148 g/mol. The molecule has 0 amide bonds. The van der Waals surface area contributed by atoms with Crippen molar-refractivity contribution in [2.24, 2.45) is 5.73 Å². The predicted octanol–water partition coefficient (Wildman–Crippen LogP) is 0.627. The lowest BCUT2D eigenvalue weighted by atomic mass is 10.4. The van der Waals surface area contributed by atoms with E-state index in [0.717, 1.165) is 0 Å². The van der Waals surface area contributed by atoms with Crippen LogP contribution in [0, 0.1) is 0 Å². The third kappa shape index (κ3) is 5.98. The first-order valence-corrected chi connectivity index (χ1v) is 3.76. The molecule has 1 rings (SSSR count). The lowest BCUT2D eigenvalue weighted by Gasteiger charge is -2.01. The highest BCUT2D eigenvalue weighted by Crippen LogP contribution is 2.01. The van der Waals surface area contributed by atoms with E-state index < -0.39 is 6.67 Å². The summed E-state index contributed by atoms with van der Waals surface area (Å²) in [6.07, 6.45) is 2.83. The summed E-state index contributed by atoms with van der Waals surface area (Å²) >= 11 is 0. The molecule has 0 bridgehead atoms. The van der Waals surface area contributed by atoms with Gasteiger partial charge in [-0.05, 0) is 33.0 Å². The van der Waals surface area contributed by atoms with Gasteiger partial charge in [-0.3, -0.25) is 0 Å². The maximum absolute atomic E-state index is 10.6. The van der Waals surface area contributed by atoms with Crippen LogP contribution >= 0.6 is 0 Å². The number of alkyl halides is 1. The molecule has 10 heavy (non-hydrogen) atoms. The van der Waals surface area contributed by atoms with Crippen molar-refractivity contribution in [2.75, 3.05) is 33.4 Å². The summed E-state index contributed by atoms with van der Waals surface area (Å²) < 4.78 is 10.6. The third-order valence-electron chi connectivity index (χ3n) is 1.44. The van der Waals surface area contributed by atoms with Crippen LogP contribution in [0.3, 0.4) is 0 Å². The molecule has 0 aromatic carbocycles. The van der Waals surface area contributed by atoms with Gasteiger partial charge < -0.3 is 10.6 Å². The van der Waals surface area contributed by atoms with E-state index in [4.69, 9.17) is 0 Å². The second-order valence-electron chi connectivity index (χ2n) is 2.49. The molecular weight excluding hydrogens is 131 g/mol. The molecule has 0 aromatic heterocycles. The second kappa shape index (κ2) is 6.96. The SMILES string of the molecule is CN1CCCC1.NCCF. The summed E-state index contributed by atoms with van der Waals surface area (Å²) in [5.41, 5.74) is 4.65. The van der Waals surface area contributed by atoms with Crippen molar-refractivity contribution in [3.05, 3.63) is 0 Å². The molecule has 1 fully saturated rings. The number of nitrogens with zero attached hydrogens (tertiary/aromatic N) is 1. The highest BCUT2D eigenvalue weighted by atomic mass is 19.1. The van der Waals surface area contributed by atoms with Gasteiger partial charge in [0.05, 0.1) is 0 Å². The van der Waals surface area contributed by atoms with E-state index in [0.29, 0.717) is 0 Å². The lowest BCUT2D eigenvalue weighted by molar-refractivity contribution is 0.418. The van der Waals surface area contributed by atoms with Gasteiger partial charge in [-0.1, -0.05) is 0 Å².